The van der Waals surface area contributed by atoms with E-state index in [1.807, 2.05) is 41.1 Å². The van der Waals surface area contributed by atoms with Gasteiger partial charge >= 0.3 is 0 Å². The molecular weight excluding hydrogens is 382 g/mol. The van der Waals surface area contributed by atoms with Crippen LogP contribution >= 0.6 is 22.7 Å². The molecule has 0 aliphatic rings. The van der Waals surface area contributed by atoms with Gasteiger partial charge in [0, 0.05) is 24.4 Å². The Morgan fingerprint density at radius 1 is 1.11 bits per heavy atom. The summed E-state index contributed by atoms with van der Waals surface area (Å²) < 4.78 is 5.24. The number of thiophene rings is 1. The zero-order chi connectivity index (χ0) is 18.5. The third-order valence-electron chi connectivity index (χ3n) is 3.68. The van der Waals surface area contributed by atoms with Gasteiger partial charge in [-0.15, -0.1) is 22.7 Å². The summed E-state index contributed by atoms with van der Waals surface area (Å²) in [5.41, 5.74) is 1.54. The Hall–Kier alpha value is -2.91. The van der Waals surface area contributed by atoms with Crippen LogP contribution < -0.4 is 5.32 Å². The molecule has 1 N–H and O–H groups in total. The lowest BCUT2D eigenvalue weighted by Crippen LogP contribution is -2.11. The number of nitrogens with one attached hydrogen (secondary N) is 1. The summed E-state index contributed by atoms with van der Waals surface area (Å²) in [4.78, 5) is 26.1. The molecule has 0 aliphatic heterocycles. The van der Waals surface area contributed by atoms with Crippen molar-refractivity contribution in [2.75, 3.05) is 5.32 Å². The Morgan fingerprint density at radius 2 is 2.07 bits per heavy atom. The number of rotatable bonds is 7. The van der Waals surface area contributed by atoms with Crippen LogP contribution in [0.4, 0.5) is 5.13 Å². The fourth-order valence-electron chi connectivity index (χ4n) is 2.41. The first-order valence-electron chi connectivity index (χ1n) is 8.31. The molecule has 4 rings (SSSR count). The molecule has 0 fully saturated rings. The van der Waals surface area contributed by atoms with Gasteiger partial charge in [0.05, 0.1) is 10.6 Å². The molecule has 4 aromatic heterocycles. The lowest BCUT2D eigenvalue weighted by Gasteiger charge is -2.00. The Bertz CT molecular complexity index is 1010. The maximum absolute atomic E-state index is 12.1. The lowest BCUT2D eigenvalue weighted by atomic mass is 10.2. The lowest BCUT2D eigenvalue weighted by molar-refractivity contribution is -0.116. The van der Waals surface area contributed by atoms with Crippen molar-refractivity contribution in [3.63, 3.8) is 0 Å². The Morgan fingerprint density at radius 3 is 2.89 bits per heavy atom. The minimum absolute atomic E-state index is 0.0880. The normalized spacial score (nSPS) is 10.8. The molecular formula is C18H15N5O2S2. The van der Waals surface area contributed by atoms with Crippen LogP contribution in [0.1, 0.15) is 18.7 Å². The monoisotopic (exact) mass is 397 g/mol. The third kappa shape index (κ3) is 4.44. The number of hydrogen-bond acceptors (Lipinski definition) is 8. The van der Waals surface area contributed by atoms with Crippen molar-refractivity contribution in [1.82, 2.24) is 20.1 Å². The van der Waals surface area contributed by atoms with Crippen LogP contribution in [0, 0.1) is 0 Å². The van der Waals surface area contributed by atoms with Gasteiger partial charge < -0.3 is 9.84 Å². The predicted molar refractivity (Wildman–Crippen MR) is 105 cm³/mol. The van der Waals surface area contributed by atoms with Crippen molar-refractivity contribution < 1.29 is 9.32 Å². The molecule has 27 heavy (non-hydrogen) atoms. The number of anilines is 1. The summed E-state index contributed by atoms with van der Waals surface area (Å²) in [5, 5.41) is 11.2. The van der Waals surface area contributed by atoms with Gasteiger partial charge in [0.2, 0.25) is 17.6 Å². The molecule has 0 aromatic carbocycles. The first kappa shape index (κ1) is 17.5. The van der Waals surface area contributed by atoms with Crippen molar-refractivity contribution >= 4 is 33.7 Å². The molecule has 0 bridgehead atoms. The van der Waals surface area contributed by atoms with E-state index in [2.05, 4.69) is 25.4 Å². The fraction of sp³-hybridized carbons (Fsp3) is 0.167. The molecule has 0 radical (unpaired) electrons. The van der Waals surface area contributed by atoms with Crippen molar-refractivity contribution in [3.8, 4) is 22.1 Å². The predicted octanol–water partition coefficient (Wildman–Crippen LogP) is 4.28. The van der Waals surface area contributed by atoms with Gasteiger partial charge in [-0.05, 0) is 30.0 Å². The van der Waals surface area contributed by atoms with E-state index in [1.165, 1.54) is 11.3 Å². The van der Waals surface area contributed by atoms with Gasteiger partial charge in [0.1, 0.15) is 5.69 Å². The number of aryl methyl sites for hydroxylation is 1. The standard InChI is InChI=1S/C18H15N5O2S2/c24-15(21-18-20-13(11-27-18)12-5-1-2-9-19-12)7-3-8-16-22-17(23-25-16)14-6-4-10-26-14/h1-2,4-6,9-11H,3,7-8H2,(H,20,21,24). The van der Waals surface area contributed by atoms with Gasteiger partial charge in [-0.3, -0.25) is 9.78 Å². The largest absolute Gasteiger partial charge is 0.339 e. The molecule has 0 saturated carbocycles. The number of carbonyl (C=O) groups is 1. The zero-order valence-electron chi connectivity index (χ0n) is 14.2. The summed E-state index contributed by atoms with van der Waals surface area (Å²) in [6.07, 6.45) is 3.25. The first-order valence-corrected chi connectivity index (χ1v) is 10.1. The van der Waals surface area contributed by atoms with Gasteiger partial charge in [0.15, 0.2) is 5.13 Å². The summed E-state index contributed by atoms with van der Waals surface area (Å²) in [6.45, 7) is 0. The second-order valence-corrected chi connectivity index (χ2v) is 7.45. The van der Waals surface area contributed by atoms with Crippen molar-refractivity contribution in [1.29, 1.82) is 0 Å². The first-order chi connectivity index (χ1) is 13.3. The highest BCUT2D eigenvalue weighted by Crippen LogP contribution is 2.24. The van der Waals surface area contributed by atoms with E-state index in [0.29, 0.717) is 36.1 Å². The van der Waals surface area contributed by atoms with Crippen LogP contribution in [0.15, 0.2) is 51.8 Å². The number of carbonyl (C=O) groups excluding carboxylic acids is 1. The molecule has 4 heterocycles. The van der Waals surface area contributed by atoms with E-state index in [0.717, 1.165) is 16.3 Å². The van der Waals surface area contributed by atoms with Crippen LogP contribution in [-0.2, 0) is 11.2 Å². The Balaban J connectivity index is 1.26. The smallest absolute Gasteiger partial charge is 0.226 e. The number of amides is 1. The molecule has 0 spiro atoms. The summed E-state index contributed by atoms with van der Waals surface area (Å²) in [6, 6.07) is 9.53. The van der Waals surface area contributed by atoms with Crippen LogP contribution in [0.2, 0.25) is 0 Å². The molecule has 136 valence electrons. The van der Waals surface area contributed by atoms with Crippen LogP contribution in [-0.4, -0.2) is 26.0 Å². The highest BCUT2D eigenvalue weighted by atomic mass is 32.1. The number of aromatic nitrogens is 4. The van der Waals surface area contributed by atoms with Crippen molar-refractivity contribution in [3.05, 3.63) is 53.2 Å². The SMILES string of the molecule is O=C(CCCc1nc(-c2cccs2)no1)Nc1nc(-c2ccccn2)cs1. The molecule has 0 atom stereocenters. The van der Waals surface area contributed by atoms with E-state index < -0.39 is 0 Å². The van der Waals surface area contributed by atoms with Gasteiger partial charge in [-0.2, -0.15) is 4.98 Å². The maximum atomic E-state index is 12.1. The van der Waals surface area contributed by atoms with E-state index in [-0.39, 0.29) is 5.91 Å². The van der Waals surface area contributed by atoms with Crippen molar-refractivity contribution in [2.24, 2.45) is 0 Å². The molecule has 0 unspecified atom stereocenters. The maximum Gasteiger partial charge on any atom is 0.226 e. The van der Waals surface area contributed by atoms with Gasteiger partial charge in [0.25, 0.3) is 0 Å². The molecule has 4 aromatic rings. The topological polar surface area (TPSA) is 93.8 Å². The highest BCUT2D eigenvalue weighted by molar-refractivity contribution is 7.14. The number of thiazole rings is 1. The number of nitrogens with zero attached hydrogens (tertiary/aromatic N) is 4. The van der Waals surface area contributed by atoms with E-state index in [1.54, 1.807) is 17.5 Å². The quantitative estimate of drug-likeness (QED) is 0.500. The number of pyridine rings is 1. The van der Waals surface area contributed by atoms with E-state index >= 15 is 0 Å². The van der Waals surface area contributed by atoms with Crippen LogP contribution in [0.25, 0.3) is 22.1 Å². The minimum Gasteiger partial charge on any atom is -0.339 e. The summed E-state index contributed by atoms with van der Waals surface area (Å²) in [5.74, 6) is 1.04. The zero-order valence-corrected chi connectivity index (χ0v) is 15.8. The van der Waals surface area contributed by atoms with Crippen LogP contribution in [0.5, 0.6) is 0 Å². The number of hydrogen-bond donors (Lipinski definition) is 1. The molecule has 9 heteroatoms. The van der Waals surface area contributed by atoms with E-state index in [9.17, 15) is 4.79 Å². The summed E-state index contributed by atoms with van der Waals surface area (Å²) >= 11 is 2.94. The molecule has 7 nitrogen and oxygen atoms in total. The van der Waals surface area contributed by atoms with Crippen LogP contribution in [0.3, 0.4) is 0 Å². The molecule has 0 aliphatic carbocycles. The van der Waals surface area contributed by atoms with Gasteiger partial charge in [-0.25, -0.2) is 4.98 Å². The highest BCUT2D eigenvalue weighted by Gasteiger charge is 2.11. The Kier molecular flexibility index (Phi) is 5.31. The average molecular weight is 397 g/mol. The van der Waals surface area contributed by atoms with E-state index in [4.69, 9.17) is 4.52 Å². The van der Waals surface area contributed by atoms with Crippen molar-refractivity contribution in [2.45, 2.75) is 19.3 Å². The second-order valence-electron chi connectivity index (χ2n) is 5.64. The minimum atomic E-state index is -0.0880. The Labute approximate surface area is 163 Å². The summed E-state index contributed by atoms with van der Waals surface area (Å²) in [7, 11) is 0. The second kappa shape index (κ2) is 8.19. The third-order valence-corrected chi connectivity index (χ3v) is 5.31. The van der Waals surface area contributed by atoms with Gasteiger partial charge in [-0.1, -0.05) is 17.3 Å². The fourth-order valence-corrected chi connectivity index (χ4v) is 3.78. The average Bonchev–Trinajstić information content (AvgIpc) is 3.44. The molecule has 0 saturated heterocycles. The molecule has 1 amide bonds.